The van der Waals surface area contributed by atoms with Crippen LogP contribution in [0.4, 0.5) is 0 Å². The van der Waals surface area contributed by atoms with Crippen molar-refractivity contribution >= 4 is 41.5 Å². The average Bonchev–Trinajstić information content (AvgIpc) is 2.63. The van der Waals surface area contributed by atoms with Gasteiger partial charge in [-0.3, -0.25) is 0 Å². The molecule has 1 heterocycles. The Kier molecular flexibility index (Phi) is 8.42. The van der Waals surface area contributed by atoms with E-state index in [1.807, 2.05) is 25.7 Å². The molecule has 0 unspecified atom stereocenters. The van der Waals surface area contributed by atoms with Crippen molar-refractivity contribution in [1.82, 2.24) is 20.6 Å². The van der Waals surface area contributed by atoms with E-state index < -0.39 is 0 Å². The number of rotatable bonds is 5. The maximum Gasteiger partial charge on any atom is 0.166 e. The number of aromatic nitrogens is 2. The number of aromatic amines is 1. The summed E-state index contributed by atoms with van der Waals surface area (Å²) in [6, 6.07) is 0. The Morgan fingerprint density at radius 1 is 1.62 bits per heavy atom. The summed E-state index contributed by atoms with van der Waals surface area (Å²) in [4.78, 5) is 7.30. The van der Waals surface area contributed by atoms with Crippen LogP contribution in [-0.4, -0.2) is 34.4 Å². The summed E-state index contributed by atoms with van der Waals surface area (Å²) in [6.45, 7) is 2.92. The first-order chi connectivity index (χ1) is 7.24. The number of halogens is 1. The van der Waals surface area contributed by atoms with Crippen LogP contribution in [0.5, 0.6) is 0 Å². The average molecular weight is 281 g/mol. The molecule has 0 saturated carbocycles. The molecule has 0 fully saturated rings. The van der Waals surface area contributed by atoms with Crippen LogP contribution in [0.25, 0.3) is 0 Å². The lowest BCUT2D eigenvalue weighted by atomic mass is 10.4. The fourth-order valence-corrected chi connectivity index (χ4v) is 2.00. The Morgan fingerprint density at radius 2 is 2.38 bits per heavy atom. The first-order valence-corrected chi connectivity index (χ1v) is 6.32. The summed E-state index contributed by atoms with van der Waals surface area (Å²) in [7, 11) is 1.82. The van der Waals surface area contributed by atoms with Crippen LogP contribution in [0, 0.1) is 6.92 Å². The molecule has 0 amide bonds. The number of nitrogens with zero attached hydrogens (tertiary/aromatic N) is 1. The van der Waals surface area contributed by atoms with Crippen molar-refractivity contribution in [2.75, 3.05) is 19.3 Å². The van der Waals surface area contributed by atoms with E-state index in [1.165, 1.54) is 0 Å². The summed E-state index contributed by atoms with van der Waals surface area (Å²) in [5.41, 5.74) is 2.29. The van der Waals surface area contributed by atoms with E-state index in [1.54, 1.807) is 6.33 Å². The molecule has 4 nitrogen and oxygen atoms in total. The highest BCUT2D eigenvalue weighted by Gasteiger charge is 2.00. The molecule has 0 bridgehead atoms. The zero-order valence-electron chi connectivity index (χ0n) is 9.37. The second-order valence-electron chi connectivity index (χ2n) is 3.03. The van der Waals surface area contributed by atoms with E-state index in [-0.39, 0.29) is 12.4 Å². The van der Waals surface area contributed by atoms with Crippen LogP contribution in [0.2, 0.25) is 0 Å². The standard InChI is InChI=1S/C9H16N4S2.ClH/c1-7-8(13-6-12-7)5-15-4-3-11-9(14)10-2;/h6H,3-5H2,1-2H3,(H,12,13)(H2,10,11,14);1H. The van der Waals surface area contributed by atoms with Gasteiger partial charge in [0.05, 0.1) is 12.0 Å². The first kappa shape index (κ1) is 15.5. The lowest BCUT2D eigenvalue weighted by Gasteiger charge is -2.05. The highest BCUT2D eigenvalue weighted by molar-refractivity contribution is 7.98. The van der Waals surface area contributed by atoms with Gasteiger partial charge in [-0.15, -0.1) is 12.4 Å². The monoisotopic (exact) mass is 280 g/mol. The molecular formula is C9H17ClN4S2. The van der Waals surface area contributed by atoms with Crippen LogP contribution < -0.4 is 10.6 Å². The first-order valence-electron chi connectivity index (χ1n) is 4.76. The number of aryl methyl sites for hydroxylation is 1. The topological polar surface area (TPSA) is 52.7 Å². The quantitative estimate of drug-likeness (QED) is 0.563. The van der Waals surface area contributed by atoms with Gasteiger partial charge in [0.25, 0.3) is 0 Å². The third kappa shape index (κ3) is 5.58. The summed E-state index contributed by atoms with van der Waals surface area (Å²) in [5, 5.41) is 6.67. The number of thiocarbonyl (C=S) groups is 1. The summed E-state index contributed by atoms with van der Waals surface area (Å²) < 4.78 is 0. The van der Waals surface area contributed by atoms with Crippen LogP contribution in [0.1, 0.15) is 11.4 Å². The maximum absolute atomic E-state index is 4.96. The number of thioether (sulfide) groups is 1. The SMILES string of the molecule is CNC(=S)NCCSCc1nc[nH]c1C.Cl. The molecule has 0 aliphatic heterocycles. The van der Waals surface area contributed by atoms with Gasteiger partial charge in [0.2, 0.25) is 0 Å². The van der Waals surface area contributed by atoms with Crippen LogP contribution in [-0.2, 0) is 5.75 Å². The lowest BCUT2D eigenvalue weighted by Crippen LogP contribution is -2.33. The highest BCUT2D eigenvalue weighted by Crippen LogP contribution is 2.11. The minimum Gasteiger partial charge on any atom is -0.366 e. The molecule has 92 valence electrons. The van der Waals surface area contributed by atoms with Crippen LogP contribution in [0.3, 0.4) is 0 Å². The normalized spacial score (nSPS) is 9.38. The number of imidazole rings is 1. The van der Waals surface area contributed by atoms with Gasteiger partial charge < -0.3 is 15.6 Å². The fraction of sp³-hybridized carbons (Fsp3) is 0.556. The molecule has 0 radical (unpaired) electrons. The third-order valence-corrected chi connectivity index (χ3v) is 3.25. The van der Waals surface area contributed by atoms with E-state index in [0.29, 0.717) is 5.11 Å². The molecule has 0 atom stereocenters. The van der Waals surface area contributed by atoms with Crippen molar-refractivity contribution in [1.29, 1.82) is 0 Å². The predicted molar refractivity (Wildman–Crippen MR) is 76.4 cm³/mol. The second-order valence-corrected chi connectivity index (χ2v) is 4.55. The molecule has 0 spiro atoms. The third-order valence-electron chi connectivity index (χ3n) is 1.93. The Bertz CT molecular complexity index is 316. The zero-order valence-corrected chi connectivity index (χ0v) is 11.8. The lowest BCUT2D eigenvalue weighted by molar-refractivity contribution is 0.942. The predicted octanol–water partition coefficient (Wildman–Crippen LogP) is 1.47. The van der Waals surface area contributed by atoms with Gasteiger partial charge in [-0.1, -0.05) is 0 Å². The summed E-state index contributed by atoms with van der Waals surface area (Å²) >= 11 is 6.80. The molecule has 1 aromatic rings. The molecule has 0 aromatic carbocycles. The van der Waals surface area contributed by atoms with Gasteiger partial charge in [0, 0.05) is 30.8 Å². The van der Waals surface area contributed by atoms with Crippen molar-refractivity contribution in [3.05, 3.63) is 17.7 Å². The van der Waals surface area contributed by atoms with Crippen molar-refractivity contribution in [3.8, 4) is 0 Å². The van der Waals surface area contributed by atoms with Gasteiger partial charge in [0.15, 0.2) is 5.11 Å². The van der Waals surface area contributed by atoms with Crippen molar-refractivity contribution in [2.45, 2.75) is 12.7 Å². The molecule has 0 aliphatic rings. The minimum atomic E-state index is 0. The van der Waals surface area contributed by atoms with Gasteiger partial charge in [-0.25, -0.2) is 4.98 Å². The van der Waals surface area contributed by atoms with E-state index in [9.17, 15) is 0 Å². The smallest absolute Gasteiger partial charge is 0.166 e. The Balaban J connectivity index is 0.00000225. The molecule has 16 heavy (non-hydrogen) atoms. The molecule has 1 aromatic heterocycles. The molecule has 0 aliphatic carbocycles. The number of H-pyrrole nitrogens is 1. The second kappa shape index (κ2) is 8.66. The molecular weight excluding hydrogens is 264 g/mol. The number of hydrogen-bond acceptors (Lipinski definition) is 3. The van der Waals surface area contributed by atoms with Crippen molar-refractivity contribution < 1.29 is 0 Å². The Hall–Kier alpha value is -0.460. The van der Waals surface area contributed by atoms with E-state index in [0.717, 1.165) is 29.4 Å². The van der Waals surface area contributed by atoms with Crippen LogP contribution >= 0.6 is 36.4 Å². The summed E-state index contributed by atoms with van der Waals surface area (Å²) in [6.07, 6.45) is 1.74. The Morgan fingerprint density at radius 3 is 2.94 bits per heavy atom. The number of hydrogen-bond donors (Lipinski definition) is 3. The van der Waals surface area contributed by atoms with Gasteiger partial charge >= 0.3 is 0 Å². The van der Waals surface area contributed by atoms with Crippen LogP contribution in [0.15, 0.2) is 6.33 Å². The van der Waals surface area contributed by atoms with Crippen molar-refractivity contribution in [3.63, 3.8) is 0 Å². The maximum atomic E-state index is 4.96. The molecule has 0 saturated heterocycles. The highest BCUT2D eigenvalue weighted by atomic mass is 35.5. The fourth-order valence-electron chi connectivity index (χ4n) is 1.03. The Labute approximate surface area is 112 Å². The van der Waals surface area contributed by atoms with Crippen molar-refractivity contribution in [2.24, 2.45) is 0 Å². The molecule has 3 N–H and O–H groups in total. The van der Waals surface area contributed by atoms with E-state index in [2.05, 4.69) is 20.6 Å². The van der Waals surface area contributed by atoms with Gasteiger partial charge in [-0.05, 0) is 19.1 Å². The molecule has 7 heteroatoms. The molecule has 1 rings (SSSR count). The summed E-state index contributed by atoms with van der Waals surface area (Å²) in [5.74, 6) is 1.97. The largest absolute Gasteiger partial charge is 0.366 e. The van der Waals surface area contributed by atoms with Gasteiger partial charge in [-0.2, -0.15) is 11.8 Å². The van der Waals surface area contributed by atoms with Gasteiger partial charge in [0.1, 0.15) is 0 Å². The number of nitrogens with one attached hydrogen (secondary N) is 3. The van der Waals surface area contributed by atoms with E-state index >= 15 is 0 Å². The zero-order chi connectivity index (χ0) is 11.1. The van der Waals surface area contributed by atoms with E-state index in [4.69, 9.17) is 12.2 Å². The minimum absolute atomic E-state index is 0.